The summed E-state index contributed by atoms with van der Waals surface area (Å²) in [5.41, 5.74) is 9.46. The van der Waals surface area contributed by atoms with Gasteiger partial charge in [-0.05, 0) is 48.9 Å². The Morgan fingerprint density at radius 2 is 2.06 bits per heavy atom. The quantitative estimate of drug-likeness (QED) is 0.381. The van der Waals surface area contributed by atoms with Crippen molar-refractivity contribution in [3.8, 4) is 0 Å². The molecule has 0 aliphatic carbocycles. The van der Waals surface area contributed by atoms with E-state index in [9.17, 15) is 9.59 Å². The van der Waals surface area contributed by atoms with Gasteiger partial charge >= 0.3 is 0 Å². The molecule has 2 amide bonds. The van der Waals surface area contributed by atoms with Gasteiger partial charge in [-0.25, -0.2) is 9.97 Å². The molecule has 0 spiro atoms. The summed E-state index contributed by atoms with van der Waals surface area (Å²) in [5.74, 6) is 0.140. The molecule has 0 saturated carbocycles. The van der Waals surface area contributed by atoms with Gasteiger partial charge in [0.2, 0.25) is 11.8 Å². The molecule has 2 aromatic carbocycles. The Kier molecular flexibility index (Phi) is 6.27. The Morgan fingerprint density at radius 3 is 2.89 bits per heavy atom. The molecule has 35 heavy (non-hydrogen) atoms. The summed E-state index contributed by atoms with van der Waals surface area (Å²) in [6, 6.07) is 12.7. The lowest BCUT2D eigenvalue weighted by Gasteiger charge is -2.40. The summed E-state index contributed by atoms with van der Waals surface area (Å²) >= 11 is 6.11. The highest BCUT2D eigenvalue weighted by atomic mass is 35.5. The second-order valence-corrected chi connectivity index (χ2v) is 9.17. The number of hydrogen-bond acceptors (Lipinski definition) is 6. The van der Waals surface area contributed by atoms with Crippen LogP contribution in [0.15, 0.2) is 48.8 Å². The Labute approximate surface area is 207 Å². The molecule has 10 heteroatoms. The Morgan fingerprint density at radius 1 is 1.20 bits per heavy atom. The van der Waals surface area contributed by atoms with E-state index < -0.39 is 6.04 Å². The zero-order valence-corrected chi connectivity index (χ0v) is 20.0. The van der Waals surface area contributed by atoms with Crippen LogP contribution >= 0.6 is 11.6 Å². The highest BCUT2D eigenvalue weighted by Crippen LogP contribution is 2.24. The average molecular weight is 492 g/mol. The van der Waals surface area contributed by atoms with Gasteiger partial charge in [0.05, 0.1) is 12.1 Å². The molecule has 5 rings (SSSR count). The number of piperazine rings is 1. The van der Waals surface area contributed by atoms with Crippen molar-refractivity contribution in [1.82, 2.24) is 30.1 Å². The van der Waals surface area contributed by atoms with E-state index >= 15 is 0 Å². The molecule has 3 heterocycles. The molecule has 1 saturated heterocycles. The van der Waals surface area contributed by atoms with Gasteiger partial charge in [-0.15, -0.1) is 0 Å². The SMILES string of the molecule is CCNC(=O)C1CN(Cc2cc3cc(Cl)ccc3[nH]2)CC(=O)N1Cc1ccc2c(N)ncnc2c1. The maximum absolute atomic E-state index is 13.3. The minimum absolute atomic E-state index is 0.103. The molecule has 4 aromatic rings. The summed E-state index contributed by atoms with van der Waals surface area (Å²) in [4.78, 5) is 41.6. The second kappa shape index (κ2) is 9.52. The number of benzene rings is 2. The smallest absolute Gasteiger partial charge is 0.244 e. The third-order valence-corrected chi connectivity index (χ3v) is 6.49. The third-order valence-electron chi connectivity index (χ3n) is 6.26. The van der Waals surface area contributed by atoms with Crippen LogP contribution in [-0.2, 0) is 22.7 Å². The van der Waals surface area contributed by atoms with Crippen molar-refractivity contribution in [2.24, 2.45) is 0 Å². The monoisotopic (exact) mass is 491 g/mol. The second-order valence-electron chi connectivity index (χ2n) is 8.74. The van der Waals surface area contributed by atoms with Crippen LogP contribution in [0.25, 0.3) is 21.8 Å². The fourth-order valence-electron chi connectivity index (χ4n) is 4.61. The van der Waals surface area contributed by atoms with Crippen LogP contribution in [0.4, 0.5) is 5.82 Å². The highest BCUT2D eigenvalue weighted by Gasteiger charge is 2.37. The fraction of sp³-hybridized carbons (Fsp3) is 0.280. The van der Waals surface area contributed by atoms with E-state index in [0.29, 0.717) is 42.5 Å². The lowest BCUT2D eigenvalue weighted by molar-refractivity contribution is -0.148. The summed E-state index contributed by atoms with van der Waals surface area (Å²) in [5, 5.41) is 5.32. The minimum atomic E-state index is -0.610. The van der Waals surface area contributed by atoms with Crippen LogP contribution in [0.2, 0.25) is 5.02 Å². The van der Waals surface area contributed by atoms with E-state index in [-0.39, 0.29) is 18.4 Å². The number of nitrogens with one attached hydrogen (secondary N) is 2. The van der Waals surface area contributed by atoms with E-state index in [0.717, 1.165) is 27.5 Å². The number of hydrogen-bond donors (Lipinski definition) is 3. The number of H-pyrrole nitrogens is 1. The number of fused-ring (bicyclic) bond motifs is 2. The largest absolute Gasteiger partial charge is 0.383 e. The molecule has 1 aliphatic heterocycles. The van der Waals surface area contributed by atoms with Crippen LogP contribution in [0.5, 0.6) is 0 Å². The number of amides is 2. The fourth-order valence-corrected chi connectivity index (χ4v) is 4.79. The normalized spacial score (nSPS) is 16.8. The molecule has 1 aliphatic rings. The van der Waals surface area contributed by atoms with Crippen molar-refractivity contribution in [2.75, 3.05) is 25.4 Å². The Balaban J connectivity index is 1.37. The van der Waals surface area contributed by atoms with E-state index in [1.165, 1.54) is 6.33 Å². The lowest BCUT2D eigenvalue weighted by Crippen LogP contribution is -2.60. The van der Waals surface area contributed by atoms with Crippen molar-refractivity contribution in [3.05, 3.63) is 65.1 Å². The van der Waals surface area contributed by atoms with Gasteiger partial charge in [0, 0.05) is 53.2 Å². The summed E-state index contributed by atoms with van der Waals surface area (Å²) < 4.78 is 0. The van der Waals surface area contributed by atoms with Gasteiger partial charge in [-0.1, -0.05) is 17.7 Å². The number of rotatable bonds is 6. The van der Waals surface area contributed by atoms with E-state index in [2.05, 4.69) is 20.3 Å². The number of nitrogens with two attached hydrogens (primary N) is 1. The zero-order chi connectivity index (χ0) is 24.5. The summed E-state index contributed by atoms with van der Waals surface area (Å²) in [6.07, 6.45) is 1.42. The van der Waals surface area contributed by atoms with E-state index in [1.807, 2.05) is 54.3 Å². The van der Waals surface area contributed by atoms with Crippen LogP contribution in [-0.4, -0.2) is 62.2 Å². The molecule has 9 nitrogen and oxygen atoms in total. The lowest BCUT2D eigenvalue weighted by atomic mass is 10.1. The van der Waals surface area contributed by atoms with Crippen LogP contribution in [0.3, 0.4) is 0 Å². The molecule has 1 unspecified atom stereocenters. The number of halogens is 1. The highest BCUT2D eigenvalue weighted by molar-refractivity contribution is 6.31. The van der Waals surface area contributed by atoms with Gasteiger partial charge in [0.25, 0.3) is 0 Å². The first-order chi connectivity index (χ1) is 16.9. The molecule has 1 atom stereocenters. The number of anilines is 1. The molecule has 0 bridgehead atoms. The van der Waals surface area contributed by atoms with E-state index in [1.54, 1.807) is 4.90 Å². The van der Waals surface area contributed by atoms with Crippen molar-refractivity contribution < 1.29 is 9.59 Å². The van der Waals surface area contributed by atoms with Gasteiger partial charge in [-0.2, -0.15) is 0 Å². The van der Waals surface area contributed by atoms with Crippen molar-refractivity contribution in [1.29, 1.82) is 0 Å². The topological polar surface area (TPSA) is 120 Å². The maximum atomic E-state index is 13.3. The number of nitrogens with zero attached hydrogens (tertiary/aromatic N) is 4. The first kappa shape index (κ1) is 23.1. The van der Waals surface area contributed by atoms with Gasteiger partial charge in [0.1, 0.15) is 18.2 Å². The number of likely N-dealkylation sites (N-methyl/N-ethyl adjacent to an activating group) is 1. The maximum Gasteiger partial charge on any atom is 0.244 e. The number of carbonyl (C=O) groups is 2. The van der Waals surface area contributed by atoms with Crippen LogP contribution < -0.4 is 11.1 Å². The van der Waals surface area contributed by atoms with Gasteiger partial charge in [-0.3, -0.25) is 14.5 Å². The molecular formula is C25H26ClN7O2. The molecule has 1 fully saturated rings. The predicted octanol–water partition coefficient (Wildman–Crippen LogP) is 2.70. The summed E-state index contributed by atoms with van der Waals surface area (Å²) in [6.45, 7) is 3.83. The van der Waals surface area contributed by atoms with E-state index in [4.69, 9.17) is 17.3 Å². The van der Waals surface area contributed by atoms with Crippen molar-refractivity contribution >= 4 is 51.0 Å². The third kappa shape index (κ3) is 4.78. The first-order valence-electron chi connectivity index (χ1n) is 11.5. The number of aromatic nitrogens is 3. The Bertz CT molecular complexity index is 1420. The first-order valence-corrected chi connectivity index (χ1v) is 11.8. The molecule has 180 valence electrons. The molecule has 4 N–H and O–H groups in total. The van der Waals surface area contributed by atoms with Gasteiger partial charge < -0.3 is 20.9 Å². The van der Waals surface area contributed by atoms with Crippen LogP contribution in [0, 0.1) is 0 Å². The van der Waals surface area contributed by atoms with Crippen molar-refractivity contribution in [2.45, 2.75) is 26.1 Å². The number of nitrogen functional groups attached to an aromatic ring is 1. The zero-order valence-electron chi connectivity index (χ0n) is 19.3. The Hall–Kier alpha value is -3.69. The number of aromatic amines is 1. The minimum Gasteiger partial charge on any atom is -0.383 e. The molecule has 2 aromatic heterocycles. The average Bonchev–Trinajstić information content (AvgIpc) is 3.22. The standard InChI is InChI=1S/C25H26ClN7O2/c1-2-28-25(35)22-12-32(11-18-9-16-8-17(26)4-6-20(16)31-18)13-23(34)33(22)10-15-3-5-19-21(7-15)29-14-30-24(19)27/h3-9,14,22,31H,2,10-13H2,1H3,(H,28,35)(H2,27,29,30). The predicted molar refractivity (Wildman–Crippen MR) is 136 cm³/mol. The molecule has 0 radical (unpaired) electrons. The van der Waals surface area contributed by atoms with Crippen LogP contribution in [0.1, 0.15) is 18.2 Å². The number of carbonyl (C=O) groups excluding carboxylic acids is 2. The van der Waals surface area contributed by atoms with Crippen molar-refractivity contribution in [3.63, 3.8) is 0 Å². The summed E-state index contributed by atoms with van der Waals surface area (Å²) in [7, 11) is 0. The van der Waals surface area contributed by atoms with Gasteiger partial charge in [0.15, 0.2) is 0 Å². The molecular weight excluding hydrogens is 466 g/mol.